The van der Waals surface area contributed by atoms with E-state index >= 15 is 0 Å². The summed E-state index contributed by atoms with van der Waals surface area (Å²) in [5.41, 5.74) is 2.39. The molecule has 1 saturated carbocycles. The lowest BCUT2D eigenvalue weighted by molar-refractivity contribution is -0.136. The highest BCUT2D eigenvalue weighted by Crippen LogP contribution is 2.49. The Morgan fingerprint density at radius 2 is 1.85 bits per heavy atom. The van der Waals surface area contributed by atoms with Gasteiger partial charge in [-0.1, -0.05) is 6.07 Å². The number of amides is 3. The van der Waals surface area contributed by atoms with Gasteiger partial charge in [0.2, 0.25) is 5.91 Å². The largest absolute Gasteiger partial charge is 0.491 e. The van der Waals surface area contributed by atoms with Gasteiger partial charge in [0.15, 0.2) is 0 Å². The lowest BCUT2D eigenvalue weighted by atomic mass is 9.76. The molecule has 0 aromatic heterocycles. The van der Waals surface area contributed by atoms with Gasteiger partial charge < -0.3 is 19.3 Å². The topological polar surface area (TPSA) is 108 Å². The molecular formula is C25H35N3O6. The maximum atomic E-state index is 13.4. The van der Waals surface area contributed by atoms with Gasteiger partial charge in [-0.2, -0.15) is 0 Å². The van der Waals surface area contributed by atoms with Crippen LogP contribution in [0.4, 0.5) is 4.79 Å². The summed E-state index contributed by atoms with van der Waals surface area (Å²) >= 11 is 0. The van der Waals surface area contributed by atoms with Crippen LogP contribution in [0.25, 0.3) is 0 Å². The number of hydrogen-bond acceptors (Lipinski definition) is 6. The number of ether oxygens (including phenoxy) is 2. The van der Waals surface area contributed by atoms with Crippen molar-refractivity contribution in [1.82, 2.24) is 15.3 Å². The van der Waals surface area contributed by atoms with Gasteiger partial charge in [-0.15, -0.1) is 0 Å². The number of carbonyl (C=O) groups excluding carboxylic acids is 3. The second-order valence-electron chi connectivity index (χ2n) is 10.8. The molecule has 1 unspecified atom stereocenters. The third-order valence-electron chi connectivity index (χ3n) is 7.25. The highest BCUT2D eigenvalue weighted by Gasteiger charge is 2.45. The normalized spacial score (nSPS) is 21.9. The molecule has 1 atom stereocenters. The number of nitrogens with one attached hydrogen (secondary N) is 1. The van der Waals surface area contributed by atoms with Gasteiger partial charge in [0, 0.05) is 36.7 Å². The van der Waals surface area contributed by atoms with E-state index in [1.807, 2.05) is 25.7 Å². The number of hydrogen-bond donors (Lipinski definition) is 2. The van der Waals surface area contributed by atoms with Crippen LogP contribution >= 0.6 is 0 Å². The van der Waals surface area contributed by atoms with Crippen LogP contribution in [0.15, 0.2) is 18.2 Å². The van der Waals surface area contributed by atoms with Gasteiger partial charge in [0.05, 0.1) is 6.54 Å². The van der Waals surface area contributed by atoms with Crippen LogP contribution in [-0.4, -0.2) is 64.8 Å². The molecule has 2 N–H and O–H groups in total. The van der Waals surface area contributed by atoms with E-state index in [1.54, 1.807) is 28.6 Å². The predicted octanol–water partition coefficient (Wildman–Crippen LogP) is 3.34. The van der Waals surface area contributed by atoms with Crippen LogP contribution in [0.1, 0.15) is 68.8 Å². The maximum absolute atomic E-state index is 13.4. The first-order valence-electron chi connectivity index (χ1n) is 12.1. The van der Waals surface area contributed by atoms with Crippen molar-refractivity contribution in [2.24, 2.45) is 11.3 Å². The third-order valence-corrected chi connectivity index (χ3v) is 7.25. The smallest absolute Gasteiger partial charge is 0.410 e. The fourth-order valence-corrected chi connectivity index (χ4v) is 5.38. The molecule has 9 nitrogen and oxygen atoms in total. The van der Waals surface area contributed by atoms with Crippen molar-refractivity contribution in [3.8, 4) is 5.75 Å². The summed E-state index contributed by atoms with van der Waals surface area (Å²) in [5, 5.41) is 8.86. The molecule has 2 fully saturated rings. The van der Waals surface area contributed by atoms with E-state index in [9.17, 15) is 14.4 Å². The molecule has 9 heteroatoms. The Morgan fingerprint density at radius 3 is 2.53 bits per heavy atom. The summed E-state index contributed by atoms with van der Waals surface area (Å²) < 4.78 is 11.3. The fraction of sp³-hybridized carbons (Fsp3) is 0.640. The monoisotopic (exact) mass is 473 g/mol. The summed E-state index contributed by atoms with van der Waals surface area (Å²) in [6.07, 6.45) is 4.27. The van der Waals surface area contributed by atoms with E-state index in [0.29, 0.717) is 44.1 Å². The zero-order chi connectivity index (χ0) is 24.5. The quantitative estimate of drug-likeness (QED) is 0.504. The van der Waals surface area contributed by atoms with Crippen molar-refractivity contribution >= 4 is 17.9 Å². The molecule has 4 rings (SSSR count). The zero-order valence-corrected chi connectivity index (χ0v) is 20.3. The Labute approximate surface area is 200 Å². The molecular weight excluding hydrogens is 438 g/mol. The number of rotatable bonds is 2. The molecule has 2 aliphatic heterocycles. The second kappa shape index (κ2) is 9.44. The average Bonchev–Trinajstić information content (AvgIpc) is 3.08. The standard InChI is InChI=1S/C25H35N3O6/c1-24(2,3)34-23(31)27-10-8-25(9-11-27)7-6-18(15-25)22(30)28-12-13-33-20-14-17(21(29)26-32)4-5-19(20)16-28/h4-5,14,18,32H,6-13,15-16H2,1-3H3,(H,26,29). The molecule has 3 amide bonds. The highest BCUT2D eigenvalue weighted by atomic mass is 16.6. The van der Waals surface area contributed by atoms with Gasteiger partial charge in [0.25, 0.3) is 5.91 Å². The first kappa shape index (κ1) is 24.3. The lowest BCUT2D eigenvalue weighted by Crippen LogP contribution is -2.45. The van der Waals surface area contributed by atoms with Crippen molar-refractivity contribution in [2.75, 3.05) is 26.2 Å². The molecule has 3 aliphatic rings. The Hall–Kier alpha value is -2.81. The molecule has 1 aromatic carbocycles. The number of fused-ring (bicyclic) bond motifs is 1. The summed E-state index contributed by atoms with van der Waals surface area (Å²) in [6, 6.07) is 4.98. The Balaban J connectivity index is 1.35. The van der Waals surface area contributed by atoms with Crippen LogP contribution in [0.3, 0.4) is 0 Å². The van der Waals surface area contributed by atoms with Crippen LogP contribution in [0, 0.1) is 11.3 Å². The molecule has 34 heavy (non-hydrogen) atoms. The number of likely N-dealkylation sites (tertiary alicyclic amines) is 1. The molecule has 0 bridgehead atoms. The van der Waals surface area contributed by atoms with E-state index in [0.717, 1.165) is 37.7 Å². The van der Waals surface area contributed by atoms with Gasteiger partial charge in [-0.3, -0.25) is 14.8 Å². The lowest BCUT2D eigenvalue weighted by Gasteiger charge is -2.40. The summed E-state index contributed by atoms with van der Waals surface area (Å²) in [6.45, 7) is 8.25. The molecule has 2 heterocycles. The first-order chi connectivity index (χ1) is 16.1. The molecule has 0 radical (unpaired) electrons. The maximum Gasteiger partial charge on any atom is 0.410 e. The van der Waals surface area contributed by atoms with Gasteiger partial charge >= 0.3 is 6.09 Å². The summed E-state index contributed by atoms with van der Waals surface area (Å²) in [4.78, 5) is 41.2. The predicted molar refractivity (Wildman–Crippen MR) is 123 cm³/mol. The molecule has 1 aromatic rings. The van der Waals surface area contributed by atoms with E-state index in [-0.39, 0.29) is 23.3 Å². The Kier molecular flexibility index (Phi) is 6.75. The van der Waals surface area contributed by atoms with Gasteiger partial charge in [0.1, 0.15) is 18.0 Å². The van der Waals surface area contributed by atoms with Crippen molar-refractivity contribution in [2.45, 2.75) is 65.0 Å². The molecule has 1 saturated heterocycles. The van der Waals surface area contributed by atoms with Crippen LogP contribution in [0.2, 0.25) is 0 Å². The minimum absolute atomic E-state index is 0.0194. The molecule has 1 aliphatic carbocycles. The first-order valence-corrected chi connectivity index (χ1v) is 12.1. The SMILES string of the molecule is CC(C)(C)OC(=O)N1CCC2(CCC(C(=O)N3CCOc4cc(C(=O)NO)ccc4C3)C2)CC1. The zero-order valence-electron chi connectivity index (χ0n) is 20.3. The van der Waals surface area contributed by atoms with E-state index in [1.165, 1.54) is 0 Å². The third kappa shape index (κ3) is 5.29. The van der Waals surface area contributed by atoms with Crippen molar-refractivity contribution in [1.29, 1.82) is 0 Å². The highest BCUT2D eigenvalue weighted by molar-refractivity contribution is 5.93. The number of piperidine rings is 1. The van der Waals surface area contributed by atoms with E-state index < -0.39 is 11.5 Å². The summed E-state index contributed by atoms with van der Waals surface area (Å²) in [5.74, 6) is 0.0977. The number of benzene rings is 1. The van der Waals surface area contributed by atoms with Gasteiger partial charge in [-0.25, -0.2) is 10.3 Å². The second-order valence-corrected chi connectivity index (χ2v) is 10.8. The van der Waals surface area contributed by atoms with Gasteiger partial charge in [-0.05, 0) is 70.4 Å². The Bertz CT molecular complexity index is 948. The fourth-order valence-electron chi connectivity index (χ4n) is 5.38. The average molecular weight is 474 g/mol. The van der Waals surface area contributed by atoms with Crippen LogP contribution in [-0.2, 0) is 16.1 Å². The molecule has 1 spiro atoms. The van der Waals surface area contributed by atoms with Crippen molar-refractivity contribution in [3.05, 3.63) is 29.3 Å². The number of carbonyl (C=O) groups is 3. The molecule has 186 valence electrons. The minimum Gasteiger partial charge on any atom is -0.491 e. The number of hydroxylamine groups is 1. The number of nitrogens with zero attached hydrogens (tertiary/aromatic N) is 2. The van der Waals surface area contributed by atoms with E-state index in [2.05, 4.69) is 0 Å². The minimum atomic E-state index is -0.599. The van der Waals surface area contributed by atoms with Crippen LogP contribution < -0.4 is 10.2 Å². The van der Waals surface area contributed by atoms with Crippen LogP contribution in [0.5, 0.6) is 5.75 Å². The summed E-state index contributed by atoms with van der Waals surface area (Å²) in [7, 11) is 0. The Morgan fingerprint density at radius 1 is 1.12 bits per heavy atom. The van der Waals surface area contributed by atoms with Crippen molar-refractivity contribution in [3.63, 3.8) is 0 Å². The van der Waals surface area contributed by atoms with Crippen molar-refractivity contribution < 1.29 is 29.1 Å². The van der Waals surface area contributed by atoms with E-state index in [4.69, 9.17) is 14.7 Å².